The lowest BCUT2D eigenvalue weighted by Gasteiger charge is -2.02. The number of thioether (sulfide) groups is 1. The first-order valence-electron chi connectivity index (χ1n) is 3.35. The van der Waals surface area contributed by atoms with Crippen molar-refractivity contribution in [2.45, 2.75) is 5.16 Å². The number of aromatic nitrogens is 3. The second-order valence-corrected chi connectivity index (χ2v) is 3.40. The number of hydrogen-bond donors (Lipinski definition) is 1. The molecule has 0 atom stereocenters. The molecule has 0 aromatic heterocycles. The van der Waals surface area contributed by atoms with E-state index in [-0.39, 0.29) is 0 Å². The Balaban J connectivity index is 2.67. The molecule has 0 bridgehead atoms. The number of rotatable bonds is 1. The van der Waals surface area contributed by atoms with Gasteiger partial charge in [-0.3, -0.25) is 0 Å². The van der Waals surface area contributed by atoms with Gasteiger partial charge in [-0.1, -0.05) is 23.4 Å². The number of fused-ring (bicyclic) bond motifs is 1. The molecule has 1 N–H and O–H groups in total. The largest absolute Gasteiger partial charge is 0.319 e. The molecule has 2 aliphatic rings. The maximum Gasteiger partial charge on any atom is 0.168 e. The van der Waals surface area contributed by atoms with Gasteiger partial charge in [0.2, 0.25) is 0 Å². The predicted octanol–water partition coefficient (Wildman–Crippen LogP) is 2.28. The normalized spacial score (nSPS) is 10.8. The summed E-state index contributed by atoms with van der Waals surface area (Å²) in [4.78, 5) is 11.3. The van der Waals surface area contributed by atoms with Crippen LogP contribution in [-0.2, 0) is 0 Å². The van der Waals surface area contributed by atoms with Crippen molar-refractivity contribution in [1.29, 1.82) is 0 Å². The number of nitrogens with zero attached hydrogens (tertiary/aromatic N) is 2. The number of halogens is 1. The van der Waals surface area contributed by atoms with Crippen LogP contribution < -0.4 is 0 Å². The lowest BCUT2D eigenvalue weighted by molar-refractivity contribution is 0.960. The van der Waals surface area contributed by atoms with E-state index in [1.165, 1.54) is 11.8 Å². The van der Waals surface area contributed by atoms with Gasteiger partial charge >= 0.3 is 0 Å². The van der Waals surface area contributed by atoms with Gasteiger partial charge in [-0.2, -0.15) is 0 Å². The lowest BCUT2D eigenvalue weighted by Crippen LogP contribution is -1.92. The summed E-state index contributed by atoms with van der Waals surface area (Å²) in [6, 6.07) is 1.84. The van der Waals surface area contributed by atoms with E-state index in [4.69, 9.17) is 11.6 Å². The summed E-state index contributed by atoms with van der Waals surface area (Å²) >= 11 is 7.41. The van der Waals surface area contributed by atoms with Gasteiger partial charge in [0, 0.05) is 6.20 Å². The summed E-state index contributed by atoms with van der Waals surface area (Å²) in [5.41, 5.74) is 0.870. The summed E-state index contributed by atoms with van der Waals surface area (Å²) in [6.45, 7) is 0. The molecule has 2 rings (SSSR count). The Morgan fingerprint density at radius 2 is 2.42 bits per heavy atom. The van der Waals surface area contributed by atoms with Gasteiger partial charge in [0.1, 0.15) is 11.0 Å². The van der Waals surface area contributed by atoms with Crippen molar-refractivity contribution in [3.63, 3.8) is 0 Å². The Hall–Kier alpha value is -0.740. The van der Waals surface area contributed by atoms with Gasteiger partial charge < -0.3 is 4.98 Å². The minimum atomic E-state index is 0.505. The Morgan fingerprint density at radius 1 is 1.58 bits per heavy atom. The lowest BCUT2D eigenvalue weighted by atomic mass is 10.3. The zero-order valence-corrected chi connectivity index (χ0v) is 7.91. The molecule has 5 heteroatoms. The summed E-state index contributed by atoms with van der Waals surface area (Å²) in [5, 5.41) is 1.29. The minimum absolute atomic E-state index is 0.505. The number of nitrogens with one attached hydrogen (secondary N) is 1. The highest BCUT2D eigenvalue weighted by Gasteiger charge is 2.10. The molecule has 12 heavy (non-hydrogen) atoms. The molecule has 2 aliphatic heterocycles. The van der Waals surface area contributed by atoms with Crippen LogP contribution in [0, 0.1) is 0 Å². The first-order valence-corrected chi connectivity index (χ1v) is 4.96. The summed E-state index contributed by atoms with van der Waals surface area (Å²) in [6.07, 6.45) is 3.64. The monoisotopic (exact) mass is 199 g/mol. The molecule has 0 spiro atoms. The average Bonchev–Trinajstić information content (AvgIpc) is 2.52. The van der Waals surface area contributed by atoms with Crippen molar-refractivity contribution in [3.05, 3.63) is 17.4 Å². The van der Waals surface area contributed by atoms with Gasteiger partial charge in [-0.15, -0.1) is 0 Å². The highest BCUT2D eigenvalue weighted by atomic mass is 35.5. The van der Waals surface area contributed by atoms with Crippen LogP contribution >= 0.6 is 23.4 Å². The van der Waals surface area contributed by atoms with Crippen LogP contribution in [-0.4, -0.2) is 21.2 Å². The second-order valence-electron chi connectivity index (χ2n) is 2.24. The number of H-pyrrole nitrogens is 1. The van der Waals surface area contributed by atoms with Crippen molar-refractivity contribution in [3.8, 4) is 11.4 Å². The van der Waals surface area contributed by atoms with Crippen LogP contribution in [0.1, 0.15) is 0 Å². The molecule has 3 nitrogen and oxygen atoms in total. The molecular formula is C7H6ClN3S. The van der Waals surface area contributed by atoms with Gasteiger partial charge in [0.25, 0.3) is 0 Å². The predicted molar refractivity (Wildman–Crippen MR) is 49.8 cm³/mol. The fourth-order valence-electron chi connectivity index (χ4n) is 0.976. The van der Waals surface area contributed by atoms with Crippen molar-refractivity contribution >= 4 is 23.4 Å². The van der Waals surface area contributed by atoms with Crippen LogP contribution in [0.5, 0.6) is 0 Å². The highest BCUT2D eigenvalue weighted by Crippen LogP contribution is 2.27. The molecule has 0 aromatic rings. The van der Waals surface area contributed by atoms with Gasteiger partial charge in [-0.25, -0.2) is 9.97 Å². The van der Waals surface area contributed by atoms with Crippen LogP contribution in [0.25, 0.3) is 11.4 Å². The van der Waals surface area contributed by atoms with Crippen molar-refractivity contribution in [2.75, 3.05) is 6.26 Å². The molecule has 0 aliphatic carbocycles. The minimum Gasteiger partial charge on any atom is -0.319 e. The first-order chi connectivity index (χ1) is 5.81. The molecule has 0 aromatic carbocycles. The van der Waals surface area contributed by atoms with E-state index in [2.05, 4.69) is 15.0 Å². The maximum absolute atomic E-state index is 5.90. The quantitative estimate of drug-likeness (QED) is 0.435. The Morgan fingerprint density at radius 3 is 3.17 bits per heavy atom. The van der Waals surface area contributed by atoms with E-state index in [0.717, 1.165) is 16.5 Å². The third-order valence-electron chi connectivity index (χ3n) is 1.54. The summed E-state index contributed by atoms with van der Waals surface area (Å²) in [5.74, 6) is 0.791. The highest BCUT2D eigenvalue weighted by molar-refractivity contribution is 7.98. The van der Waals surface area contributed by atoms with E-state index in [0.29, 0.717) is 5.15 Å². The van der Waals surface area contributed by atoms with E-state index in [1.54, 1.807) is 6.20 Å². The van der Waals surface area contributed by atoms with Crippen molar-refractivity contribution < 1.29 is 0 Å². The number of aromatic amines is 1. The van der Waals surface area contributed by atoms with Crippen LogP contribution in [0.3, 0.4) is 0 Å². The van der Waals surface area contributed by atoms with Crippen LogP contribution in [0.4, 0.5) is 0 Å². The fourth-order valence-corrected chi connectivity index (χ4v) is 1.64. The Labute approximate surface area is 78.9 Å². The SMILES string of the molecule is CSc1nc(Cl)c2ccnc-2[nH]1. The average molecular weight is 200 g/mol. The smallest absolute Gasteiger partial charge is 0.168 e. The zero-order chi connectivity index (χ0) is 8.55. The van der Waals surface area contributed by atoms with Crippen molar-refractivity contribution in [2.24, 2.45) is 0 Å². The second kappa shape index (κ2) is 2.95. The van der Waals surface area contributed by atoms with Gasteiger partial charge in [0.05, 0.1) is 5.56 Å². The summed E-state index contributed by atoms with van der Waals surface area (Å²) < 4.78 is 0. The maximum atomic E-state index is 5.90. The third kappa shape index (κ3) is 1.17. The van der Waals surface area contributed by atoms with E-state index < -0.39 is 0 Å². The zero-order valence-electron chi connectivity index (χ0n) is 6.34. The number of hydrogen-bond acceptors (Lipinski definition) is 3. The topological polar surface area (TPSA) is 41.6 Å². The molecule has 2 heterocycles. The molecular weight excluding hydrogens is 194 g/mol. The van der Waals surface area contributed by atoms with Gasteiger partial charge in [0.15, 0.2) is 5.16 Å². The van der Waals surface area contributed by atoms with E-state index in [1.807, 2.05) is 12.3 Å². The molecule has 0 unspecified atom stereocenters. The van der Waals surface area contributed by atoms with Gasteiger partial charge in [-0.05, 0) is 12.3 Å². The molecule has 0 amide bonds. The Kier molecular flexibility index (Phi) is 1.94. The standard InChI is InChI=1S/C7H6ClN3S/c1-12-7-10-5(8)4-2-3-9-6(4)11-7/h2-3H,1H3,(H,9,10,11). The molecule has 0 saturated carbocycles. The van der Waals surface area contributed by atoms with E-state index in [9.17, 15) is 0 Å². The molecule has 0 radical (unpaired) electrons. The summed E-state index contributed by atoms with van der Waals surface area (Å²) in [7, 11) is 0. The molecule has 0 saturated heterocycles. The van der Waals surface area contributed by atoms with Crippen LogP contribution in [0.15, 0.2) is 17.4 Å². The van der Waals surface area contributed by atoms with Crippen molar-refractivity contribution in [1.82, 2.24) is 15.0 Å². The molecule has 0 fully saturated rings. The third-order valence-corrected chi connectivity index (χ3v) is 2.41. The first kappa shape index (κ1) is 7.89. The fraction of sp³-hybridized carbons (Fsp3) is 0.143. The molecule has 62 valence electrons. The van der Waals surface area contributed by atoms with Crippen LogP contribution in [0.2, 0.25) is 5.15 Å². The Bertz CT molecular complexity index is 373. The van der Waals surface area contributed by atoms with E-state index >= 15 is 0 Å².